The number of alkyl carbamates (subject to hydrolysis) is 1. The molecule has 1 aromatic carbocycles. The molecule has 0 unspecified atom stereocenters. The van der Waals surface area contributed by atoms with Gasteiger partial charge in [-0.25, -0.2) is 4.79 Å². The maximum Gasteiger partial charge on any atom is 0.407 e. The van der Waals surface area contributed by atoms with Crippen LogP contribution in [0.2, 0.25) is 0 Å². The van der Waals surface area contributed by atoms with Gasteiger partial charge in [0.1, 0.15) is 5.60 Å². The first-order valence-corrected chi connectivity index (χ1v) is 9.28. The van der Waals surface area contributed by atoms with Gasteiger partial charge in [-0.15, -0.1) is 11.8 Å². The van der Waals surface area contributed by atoms with Gasteiger partial charge in [0.25, 0.3) is 0 Å². The van der Waals surface area contributed by atoms with E-state index in [1.54, 1.807) is 0 Å². The van der Waals surface area contributed by atoms with Gasteiger partial charge < -0.3 is 15.4 Å². The molecule has 128 valence electrons. The Morgan fingerprint density at radius 1 is 1.22 bits per heavy atom. The molecule has 0 bridgehead atoms. The first kappa shape index (κ1) is 18.0. The van der Waals surface area contributed by atoms with Gasteiger partial charge in [-0.05, 0) is 45.7 Å². The van der Waals surface area contributed by atoms with E-state index in [1.807, 2.05) is 38.6 Å². The number of amides is 1. The molecule has 2 rings (SSSR count). The predicted octanol–water partition coefficient (Wildman–Crippen LogP) is 4.66. The minimum absolute atomic E-state index is 0.368. The van der Waals surface area contributed by atoms with E-state index in [0.29, 0.717) is 13.1 Å². The summed E-state index contributed by atoms with van der Waals surface area (Å²) in [5.74, 6) is 0. The van der Waals surface area contributed by atoms with Crippen molar-refractivity contribution in [2.45, 2.75) is 62.2 Å². The molecule has 1 fully saturated rings. The third-order valence-corrected chi connectivity index (χ3v) is 5.01. The van der Waals surface area contributed by atoms with Gasteiger partial charge in [0.2, 0.25) is 0 Å². The van der Waals surface area contributed by atoms with Crippen molar-refractivity contribution in [3.8, 4) is 0 Å². The maximum absolute atomic E-state index is 11.6. The third-order valence-electron chi connectivity index (χ3n) is 3.59. The summed E-state index contributed by atoms with van der Waals surface area (Å²) in [7, 11) is 0. The zero-order valence-electron chi connectivity index (χ0n) is 14.4. The fourth-order valence-corrected chi connectivity index (χ4v) is 3.93. The zero-order chi connectivity index (χ0) is 16.7. The molecule has 0 atom stereocenters. The van der Waals surface area contributed by atoms with Crippen LogP contribution in [0, 0.1) is 0 Å². The van der Waals surface area contributed by atoms with Crippen molar-refractivity contribution >= 4 is 23.5 Å². The summed E-state index contributed by atoms with van der Waals surface area (Å²) < 4.78 is 5.22. The summed E-state index contributed by atoms with van der Waals surface area (Å²) in [4.78, 5) is 12.9. The highest BCUT2D eigenvalue weighted by Gasteiger charge is 2.18. The van der Waals surface area contributed by atoms with Gasteiger partial charge >= 0.3 is 6.09 Å². The van der Waals surface area contributed by atoms with Crippen molar-refractivity contribution in [1.82, 2.24) is 5.32 Å². The Bertz CT molecular complexity index is 508. The van der Waals surface area contributed by atoms with Crippen LogP contribution in [-0.2, 0) is 4.74 Å². The van der Waals surface area contributed by atoms with Gasteiger partial charge in [0.05, 0.1) is 0 Å². The number of ether oxygens (including phenoxy) is 1. The molecule has 4 nitrogen and oxygen atoms in total. The van der Waals surface area contributed by atoms with Crippen molar-refractivity contribution in [2.75, 3.05) is 18.4 Å². The van der Waals surface area contributed by atoms with E-state index in [0.717, 1.165) is 10.9 Å². The second-order valence-corrected chi connectivity index (χ2v) is 8.22. The highest BCUT2D eigenvalue weighted by molar-refractivity contribution is 8.00. The Labute approximate surface area is 143 Å². The number of carbonyl (C=O) groups is 1. The van der Waals surface area contributed by atoms with Crippen LogP contribution in [0.25, 0.3) is 0 Å². The molecular formula is C18H28N2O2S. The number of thioether (sulfide) groups is 1. The molecule has 0 spiro atoms. The SMILES string of the molecule is CC(C)(C)OC(=O)NCCNc1ccccc1SC1CCCC1. The second kappa shape index (κ2) is 8.48. The average Bonchev–Trinajstić information content (AvgIpc) is 2.96. The second-order valence-electron chi connectivity index (χ2n) is 6.88. The number of anilines is 1. The number of hydrogen-bond acceptors (Lipinski definition) is 4. The highest BCUT2D eigenvalue weighted by atomic mass is 32.2. The Morgan fingerprint density at radius 2 is 1.91 bits per heavy atom. The molecule has 0 heterocycles. The molecule has 0 aromatic heterocycles. The largest absolute Gasteiger partial charge is 0.444 e. The lowest BCUT2D eigenvalue weighted by atomic mass is 10.2. The molecule has 0 saturated heterocycles. The molecule has 5 heteroatoms. The van der Waals surface area contributed by atoms with Crippen molar-refractivity contribution in [2.24, 2.45) is 0 Å². The van der Waals surface area contributed by atoms with E-state index in [-0.39, 0.29) is 6.09 Å². The van der Waals surface area contributed by atoms with Crippen LogP contribution in [-0.4, -0.2) is 30.0 Å². The summed E-state index contributed by atoms with van der Waals surface area (Å²) in [5, 5.41) is 6.93. The highest BCUT2D eigenvalue weighted by Crippen LogP contribution is 2.37. The first-order valence-electron chi connectivity index (χ1n) is 8.40. The summed E-state index contributed by atoms with van der Waals surface area (Å²) in [5.41, 5.74) is 0.692. The van der Waals surface area contributed by atoms with Crippen LogP contribution in [0.4, 0.5) is 10.5 Å². The zero-order valence-corrected chi connectivity index (χ0v) is 15.2. The minimum Gasteiger partial charge on any atom is -0.444 e. The van der Waals surface area contributed by atoms with Crippen molar-refractivity contribution in [3.63, 3.8) is 0 Å². The van der Waals surface area contributed by atoms with Crippen LogP contribution in [0.5, 0.6) is 0 Å². The smallest absolute Gasteiger partial charge is 0.407 e. The lowest BCUT2D eigenvalue weighted by molar-refractivity contribution is 0.0530. The number of benzene rings is 1. The molecule has 0 aliphatic heterocycles. The lowest BCUT2D eigenvalue weighted by Gasteiger charge is -2.20. The predicted molar refractivity (Wildman–Crippen MR) is 97.3 cm³/mol. The number of carbonyl (C=O) groups excluding carboxylic acids is 1. The maximum atomic E-state index is 11.6. The molecule has 1 saturated carbocycles. The van der Waals surface area contributed by atoms with Crippen LogP contribution < -0.4 is 10.6 Å². The standard InChI is InChI=1S/C18H28N2O2S/c1-18(2,3)22-17(21)20-13-12-19-15-10-6-7-11-16(15)23-14-8-4-5-9-14/h6-7,10-11,14,19H,4-5,8-9,12-13H2,1-3H3,(H,20,21). The molecule has 1 aliphatic rings. The molecule has 2 N–H and O–H groups in total. The average molecular weight is 337 g/mol. The van der Waals surface area contributed by atoms with Gasteiger partial charge in [-0.1, -0.05) is 25.0 Å². The summed E-state index contributed by atoms with van der Waals surface area (Å²) in [6, 6.07) is 8.40. The monoisotopic (exact) mass is 336 g/mol. The molecule has 0 radical (unpaired) electrons. The van der Waals surface area contributed by atoms with Gasteiger partial charge in [-0.2, -0.15) is 0 Å². The third kappa shape index (κ3) is 6.73. The van der Waals surface area contributed by atoms with E-state index in [1.165, 1.54) is 30.6 Å². The number of nitrogens with one attached hydrogen (secondary N) is 2. The Balaban J connectivity index is 1.76. The van der Waals surface area contributed by atoms with Crippen LogP contribution in [0.3, 0.4) is 0 Å². The number of para-hydroxylation sites is 1. The van der Waals surface area contributed by atoms with E-state index in [9.17, 15) is 4.79 Å². The quantitative estimate of drug-likeness (QED) is 0.742. The topological polar surface area (TPSA) is 50.4 Å². The molecule has 1 amide bonds. The van der Waals surface area contributed by atoms with E-state index in [2.05, 4.69) is 28.8 Å². The normalized spacial score (nSPS) is 15.4. The fourth-order valence-electron chi connectivity index (χ4n) is 2.58. The first-order chi connectivity index (χ1) is 10.9. The van der Waals surface area contributed by atoms with Crippen molar-refractivity contribution in [3.05, 3.63) is 24.3 Å². The molecule has 23 heavy (non-hydrogen) atoms. The summed E-state index contributed by atoms with van der Waals surface area (Å²) in [6.07, 6.45) is 4.98. The Kier molecular flexibility index (Phi) is 6.63. The van der Waals surface area contributed by atoms with Gasteiger partial charge in [0.15, 0.2) is 0 Å². The van der Waals surface area contributed by atoms with E-state index < -0.39 is 5.60 Å². The molecule has 1 aliphatic carbocycles. The van der Waals surface area contributed by atoms with Gasteiger partial charge in [-0.3, -0.25) is 0 Å². The van der Waals surface area contributed by atoms with E-state index >= 15 is 0 Å². The Hall–Kier alpha value is -1.36. The Morgan fingerprint density at radius 3 is 2.61 bits per heavy atom. The van der Waals surface area contributed by atoms with Crippen LogP contribution >= 0.6 is 11.8 Å². The summed E-state index contributed by atoms with van der Waals surface area (Å²) in [6.45, 7) is 6.81. The minimum atomic E-state index is -0.456. The van der Waals surface area contributed by atoms with Crippen molar-refractivity contribution in [1.29, 1.82) is 0 Å². The lowest BCUT2D eigenvalue weighted by Crippen LogP contribution is -2.35. The van der Waals surface area contributed by atoms with Crippen LogP contribution in [0.15, 0.2) is 29.2 Å². The molecule has 1 aromatic rings. The molecular weight excluding hydrogens is 308 g/mol. The number of hydrogen-bond donors (Lipinski definition) is 2. The van der Waals surface area contributed by atoms with Crippen LogP contribution in [0.1, 0.15) is 46.5 Å². The fraction of sp³-hybridized carbons (Fsp3) is 0.611. The number of rotatable bonds is 6. The van der Waals surface area contributed by atoms with Gasteiger partial charge in [0, 0.05) is 28.9 Å². The van der Waals surface area contributed by atoms with Crippen molar-refractivity contribution < 1.29 is 9.53 Å². The summed E-state index contributed by atoms with van der Waals surface area (Å²) >= 11 is 1.98. The van der Waals surface area contributed by atoms with E-state index in [4.69, 9.17) is 4.74 Å².